The molecule has 0 aromatic heterocycles. The molecule has 1 aliphatic carbocycles. The second-order valence-electron chi connectivity index (χ2n) is 7.15. The molecule has 0 amide bonds. The molecule has 0 saturated carbocycles. The first-order valence-corrected chi connectivity index (χ1v) is 10.3. The predicted molar refractivity (Wildman–Crippen MR) is 118 cm³/mol. The van der Waals surface area contributed by atoms with Gasteiger partial charge in [0.15, 0.2) is 0 Å². The van der Waals surface area contributed by atoms with E-state index in [4.69, 9.17) is 5.41 Å². The van der Waals surface area contributed by atoms with Gasteiger partial charge < -0.3 is 20.9 Å². The number of hydrogen-bond donors (Lipinski definition) is 3. The van der Waals surface area contributed by atoms with Gasteiger partial charge in [-0.25, -0.2) is 0 Å². The molecule has 1 aromatic carbocycles. The van der Waals surface area contributed by atoms with Crippen molar-refractivity contribution in [1.82, 2.24) is 10.6 Å². The van der Waals surface area contributed by atoms with Crippen molar-refractivity contribution in [2.75, 3.05) is 37.6 Å². The van der Waals surface area contributed by atoms with Crippen LogP contribution in [0.4, 0.5) is 5.69 Å². The van der Waals surface area contributed by atoms with E-state index in [0.717, 1.165) is 45.6 Å². The molecule has 1 aromatic rings. The van der Waals surface area contributed by atoms with Crippen molar-refractivity contribution in [3.8, 4) is 0 Å². The third-order valence-electron chi connectivity index (χ3n) is 5.26. The van der Waals surface area contributed by atoms with E-state index in [9.17, 15) is 0 Å². The molecule has 2 rings (SSSR count). The van der Waals surface area contributed by atoms with Crippen LogP contribution in [0, 0.1) is 12.3 Å². The van der Waals surface area contributed by atoms with Gasteiger partial charge in [-0.3, -0.25) is 0 Å². The van der Waals surface area contributed by atoms with E-state index in [0.29, 0.717) is 0 Å². The summed E-state index contributed by atoms with van der Waals surface area (Å²) in [5, 5.41) is 14.8. The monoisotopic (exact) mass is 368 g/mol. The number of anilines is 1. The number of aryl methyl sites for hydroxylation is 1. The van der Waals surface area contributed by atoms with Crippen LogP contribution in [0.25, 0.3) is 0 Å². The molecule has 0 bridgehead atoms. The van der Waals surface area contributed by atoms with E-state index < -0.39 is 0 Å². The lowest BCUT2D eigenvalue weighted by atomic mass is 9.90. The first-order valence-electron chi connectivity index (χ1n) is 10.3. The summed E-state index contributed by atoms with van der Waals surface area (Å²) < 4.78 is 0. The predicted octanol–water partition coefficient (Wildman–Crippen LogP) is 4.42. The third-order valence-corrected chi connectivity index (χ3v) is 5.26. The SMILES string of the molecule is C/C=C(/NCCNCCN(CC)c1ccc(C)cc1)C1=C(C=N)CCCC1. The highest BCUT2D eigenvalue weighted by molar-refractivity contribution is 5.78. The van der Waals surface area contributed by atoms with Crippen molar-refractivity contribution < 1.29 is 0 Å². The molecule has 148 valence electrons. The molecule has 1 aliphatic rings. The van der Waals surface area contributed by atoms with Crippen molar-refractivity contribution in [3.05, 3.63) is 52.7 Å². The molecule has 0 heterocycles. The Balaban J connectivity index is 1.72. The molecular weight excluding hydrogens is 332 g/mol. The molecule has 27 heavy (non-hydrogen) atoms. The average molecular weight is 369 g/mol. The van der Waals surface area contributed by atoms with Crippen LogP contribution in [0.15, 0.2) is 47.2 Å². The summed E-state index contributed by atoms with van der Waals surface area (Å²) in [5.41, 5.74) is 6.35. The number of likely N-dealkylation sites (N-methyl/N-ethyl adjacent to an activating group) is 1. The maximum atomic E-state index is 7.65. The molecule has 0 atom stereocenters. The van der Waals surface area contributed by atoms with E-state index in [1.54, 1.807) is 6.21 Å². The summed E-state index contributed by atoms with van der Waals surface area (Å²) in [4.78, 5) is 2.40. The van der Waals surface area contributed by atoms with Crippen molar-refractivity contribution >= 4 is 11.9 Å². The molecule has 0 fully saturated rings. The lowest BCUT2D eigenvalue weighted by Gasteiger charge is -2.24. The van der Waals surface area contributed by atoms with Crippen LogP contribution >= 0.6 is 0 Å². The highest BCUT2D eigenvalue weighted by Crippen LogP contribution is 2.27. The van der Waals surface area contributed by atoms with E-state index >= 15 is 0 Å². The summed E-state index contributed by atoms with van der Waals surface area (Å²) in [5.74, 6) is 0. The van der Waals surface area contributed by atoms with Gasteiger partial charge in [-0.05, 0) is 69.7 Å². The van der Waals surface area contributed by atoms with Crippen LogP contribution in [-0.2, 0) is 0 Å². The Morgan fingerprint density at radius 2 is 1.85 bits per heavy atom. The molecule has 0 unspecified atom stereocenters. The Kier molecular flexibility index (Phi) is 9.12. The minimum absolute atomic E-state index is 0.908. The number of hydrogen-bond acceptors (Lipinski definition) is 4. The molecule has 3 N–H and O–H groups in total. The van der Waals surface area contributed by atoms with Crippen LogP contribution in [0.1, 0.15) is 45.1 Å². The largest absolute Gasteiger partial charge is 0.384 e. The molecule has 0 spiro atoms. The van der Waals surface area contributed by atoms with E-state index in [1.807, 2.05) is 0 Å². The molecule has 0 saturated heterocycles. The van der Waals surface area contributed by atoms with Gasteiger partial charge in [0, 0.05) is 50.3 Å². The number of benzene rings is 1. The van der Waals surface area contributed by atoms with Crippen LogP contribution in [0.5, 0.6) is 0 Å². The minimum Gasteiger partial charge on any atom is -0.384 e. The fourth-order valence-electron chi connectivity index (χ4n) is 3.63. The van der Waals surface area contributed by atoms with E-state index in [2.05, 4.69) is 66.6 Å². The Hall–Kier alpha value is -2.07. The lowest BCUT2D eigenvalue weighted by Crippen LogP contribution is -2.35. The van der Waals surface area contributed by atoms with E-state index in [1.165, 1.54) is 40.9 Å². The maximum absolute atomic E-state index is 7.65. The lowest BCUT2D eigenvalue weighted by molar-refractivity contribution is 0.628. The molecule has 4 heteroatoms. The Labute approximate surface area is 165 Å². The van der Waals surface area contributed by atoms with Gasteiger partial charge in [0.25, 0.3) is 0 Å². The average Bonchev–Trinajstić information content (AvgIpc) is 2.71. The normalized spacial score (nSPS) is 15.0. The van der Waals surface area contributed by atoms with Crippen molar-refractivity contribution in [3.63, 3.8) is 0 Å². The quantitative estimate of drug-likeness (QED) is 0.400. The van der Waals surface area contributed by atoms with Gasteiger partial charge >= 0.3 is 0 Å². The molecule has 0 aliphatic heterocycles. The van der Waals surface area contributed by atoms with Crippen LogP contribution in [-0.4, -0.2) is 38.9 Å². The second-order valence-corrected chi connectivity index (χ2v) is 7.15. The van der Waals surface area contributed by atoms with Gasteiger partial charge in [-0.15, -0.1) is 0 Å². The zero-order chi connectivity index (χ0) is 19.5. The zero-order valence-corrected chi connectivity index (χ0v) is 17.3. The minimum atomic E-state index is 0.908. The molecular formula is C23H36N4. The summed E-state index contributed by atoms with van der Waals surface area (Å²) in [6.07, 6.45) is 8.27. The third kappa shape index (κ3) is 6.55. The summed E-state index contributed by atoms with van der Waals surface area (Å²) in [6.45, 7) is 11.3. The fraction of sp³-hybridized carbons (Fsp3) is 0.522. The summed E-state index contributed by atoms with van der Waals surface area (Å²) >= 11 is 0. The summed E-state index contributed by atoms with van der Waals surface area (Å²) in [6, 6.07) is 8.77. The number of rotatable bonds is 11. The van der Waals surface area contributed by atoms with Crippen LogP contribution in [0.3, 0.4) is 0 Å². The Morgan fingerprint density at radius 3 is 2.52 bits per heavy atom. The van der Waals surface area contributed by atoms with Gasteiger partial charge in [0.1, 0.15) is 0 Å². The zero-order valence-electron chi connectivity index (χ0n) is 17.3. The van der Waals surface area contributed by atoms with E-state index in [-0.39, 0.29) is 0 Å². The first kappa shape index (κ1) is 21.2. The van der Waals surface area contributed by atoms with Gasteiger partial charge in [0.2, 0.25) is 0 Å². The molecule has 0 radical (unpaired) electrons. The Morgan fingerprint density at radius 1 is 1.11 bits per heavy atom. The second kappa shape index (κ2) is 11.6. The van der Waals surface area contributed by atoms with Crippen LogP contribution in [0.2, 0.25) is 0 Å². The number of nitrogens with one attached hydrogen (secondary N) is 3. The summed E-state index contributed by atoms with van der Waals surface area (Å²) in [7, 11) is 0. The van der Waals surface area contributed by atoms with Gasteiger partial charge in [0.05, 0.1) is 0 Å². The van der Waals surface area contributed by atoms with Crippen molar-refractivity contribution in [2.24, 2.45) is 0 Å². The smallest absolute Gasteiger partial charge is 0.0366 e. The van der Waals surface area contributed by atoms with Gasteiger partial charge in [-0.1, -0.05) is 23.8 Å². The van der Waals surface area contributed by atoms with Crippen molar-refractivity contribution in [1.29, 1.82) is 5.41 Å². The van der Waals surface area contributed by atoms with Gasteiger partial charge in [-0.2, -0.15) is 0 Å². The number of nitrogens with zero attached hydrogens (tertiary/aromatic N) is 1. The fourth-order valence-corrected chi connectivity index (χ4v) is 3.63. The standard InChI is InChI=1S/C23H36N4/c1-4-23(22-9-7-6-8-20(22)18-24)26-15-14-25-16-17-27(5-2)21-12-10-19(3)11-13-21/h4,10-13,18,24-26H,5-9,14-17H2,1-3H3/b23-4+,24-18?. The Bertz CT molecular complexity index is 643. The highest BCUT2D eigenvalue weighted by Gasteiger charge is 2.14. The number of allylic oxidation sites excluding steroid dienone is 3. The molecule has 4 nitrogen and oxygen atoms in total. The van der Waals surface area contributed by atoms with Crippen molar-refractivity contribution in [2.45, 2.75) is 46.5 Å². The topological polar surface area (TPSA) is 51.1 Å². The van der Waals surface area contributed by atoms with Crippen LogP contribution < -0.4 is 15.5 Å². The first-order chi connectivity index (χ1) is 13.2. The maximum Gasteiger partial charge on any atom is 0.0366 e. The highest BCUT2D eigenvalue weighted by atomic mass is 15.1.